The molecule has 96 valence electrons. The molecule has 2 nitrogen and oxygen atoms in total. The fourth-order valence-electron chi connectivity index (χ4n) is 2.09. The van der Waals surface area contributed by atoms with Crippen molar-refractivity contribution >= 4 is 5.69 Å². The van der Waals surface area contributed by atoms with Crippen LogP contribution in [0.3, 0.4) is 0 Å². The largest absolute Gasteiger partial charge is 0.398 e. The smallest absolute Gasteiger partial charge is 0.0359 e. The predicted molar refractivity (Wildman–Crippen MR) is 75.9 cm³/mol. The minimum absolute atomic E-state index is 0.920. The van der Waals surface area contributed by atoms with E-state index in [1.807, 2.05) is 12.1 Å². The van der Waals surface area contributed by atoms with Crippen LogP contribution in [0.4, 0.5) is 5.69 Å². The second-order valence-corrected chi connectivity index (χ2v) is 4.68. The Balaban J connectivity index is 2.50. The molecule has 2 heteroatoms. The van der Waals surface area contributed by atoms with Crippen molar-refractivity contribution in [1.82, 2.24) is 4.90 Å². The van der Waals surface area contributed by atoms with Crippen LogP contribution < -0.4 is 5.73 Å². The molecule has 0 saturated carbocycles. The Morgan fingerprint density at radius 2 is 1.76 bits per heavy atom. The van der Waals surface area contributed by atoms with Crippen molar-refractivity contribution in [1.29, 1.82) is 0 Å². The van der Waals surface area contributed by atoms with Crippen molar-refractivity contribution in [2.45, 2.75) is 46.1 Å². The predicted octanol–water partition coefficient (Wildman–Crippen LogP) is 3.67. The van der Waals surface area contributed by atoms with Crippen LogP contribution in [0.2, 0.25) is 0 Å². The highest BCUT2D eigenvalue weighted by molar-refractivity contribution is 5.46. The first kappa shape index (κ1) is 14.0. The van der Waals surface area contributed by atoms with Gasteiger partial charge < -0.3 is 5.73 Å². The van der Waals surface area contributed by atoms with Gasteiger partial charge in [0.05, 0.1) is 0 Å². The van der Waals surface area contributed by atoms with Crippen molar-refractivity contribution < 1.29 is 0 Å². The standard InChI is InChI=1S/C15H26N2/c1-3-5-8-12-17(11-4-2)13-14-9-6-7-10-15(14)16/h6-7,9-10H,3-5,8,11-13,16H2,1-2H3. The summed E-state index contributed by atoms with van der Waals surface area (Å²) < 4.78 is 0. The molecule has 0 aliphatic heterocycles. The Kier molecular flexibility index (Phi) is 6.71. The third-order valence-electron chi connectivity index (χ3n) is 3.07. The number of nitrogen functional groups attached to an aromatic ring is 1. The third kappa shape index (κ3) is 5.22. The highest BCUT2D eigenvalue weighted by Gasteiger charge is 2.06. The normalized spacial score (nSPS) is 11.0. The van der Waals surface area contributed by atoms with Gasteiger partial charge in [-0.2, -0.15) is 0 Å². The van der Waals surface area contributed by atoms with E-state index in [0.29, 0.717) is 0 Å². The number of hydrogen-bond donors (Lipinski definition) is 1. The summed E-state index contributed by atoms with van der Waals surface area (Å²) in [6, 6.07) is 8.20. The van der Waals surface area contributed by atoms with Crippen LogP contribution in [0.15, 0.2) is 24.3 Å². The lowest BCUT2D eigenvalue weighted by Crippen LogP contribution is -2.25. The SMILES string of the molecule is CCCCCN(CCC)Cc1ccccc1N. The van der Waals surface area contributed by atoms with Gasteiger partial charge in [-0.25, -0.2) is 0 Å². The zero-order valence-electron chi connectivity index (χ0n) is 11.3. The summed E-state index contributed by atoms with van der Waals surface area (Å²) in [6.45, 7) is 7.83. The van der Waals surface area contributed by atoms with Crippen molar-refractivity contribution in [3.05, 3.63) is 29.8 Å². The van der Waals surface area contributed by atoms with E-state index >= 15 is 0 Å². The molecule has 0 atom stereocenters. The Morgan fingerprint density at radius 3 is 2.41 bits per heavy atom. The zero-order chi connectivity index (χ0) is 12.5. The fraction of sp³-hybridized carbons (Fsp3) is 0.600. The molecule has 0 radical (unpaired) electrons. The van der Waals surface area contributed by atoms with Crippen LogP contribution in [0.25, 0.3) is 0 Å². The van der Waals surface area contributed by atoms with Gasteiger partial charge >= 0.3 is 0 Å². The Bertz CT molecular complexity index is 310. The fourth-order valence-corrected chi connectivity index (χ4v) is 2.09. The summed E-state index contributed by atoms with van der Waals surface area (Å²) in [7, 11) is 0. The van der Waals surface area contributed by atoms with Gasteiger partial charge in [-0.05, 0) is 37.6 Å². The number of unbranched alkanes of at least 4 members (excludes halogenated alkanes) is 2. The van der Waals surface area contributed by atoms with E-state index in [9.17, 15) is 0 Å². The monoisotopic (exact) mass is 234 g/mol. The molecule has 1 aromatic rings. The van der Waals surface area contributed by atoms with Crippen LogP contribution in [-0.2, 0) is 6.54 Å². The highest BCUT2D eigenvalue weighted by Crippen LogP contribution is 2.14. The summed E-state index contributed by atoms with van der Waals surface area (Å²) >= 11 is 0. The molecule has 0 bridgehead atoms. The zero-order valence-corrected chi connectivity index (χ0v) is 11.3. The maximum absolute atomic E-state index is 5.99. The molecule has 0 spiro atoms. The average molecular weight is 234 g/mol. The second kappa shape index (κ2) is 8.13. The maximum Gasteiger partial charge on any atom is 0.0359 e. The topological polar surface area (TPSA) is 29.3 Å². The quantitative estimate of drug-likeness (QED) is 0.549. The Hall–Kier alpha value is -1.02. The second-order valence-electron chi connectivity index (χ2n) is 4.68. The van der Waals surface area contributed by atoms with Gasteiger partial charge in [0.25, 0.3) is 0 Å². The lowest BCUT2D eigenvalue weighted by atomic mass is 10.1. The lowest BCUT2D eigenvalue weighted by Gasteiger charge is -2.22. The molecule has 0 unspecified atom stereocenters. The summed E-state index contributed by atoms with van der Waals surface area (Å²) in [5, 5.41) is 0. The molecular formula is C15H26N2. The molecule has 1 aromatic carbocycles. The summed E-state index contributed by atoms with van der Waals surface area (Å²) in [5.41, 5.74) is 8.18. The van der Waals surface area contributed by atoms with E-state index in [-0.39, 0.29) is 0 Å². The van der Waals surface area contributed by atoms with Gasteiger partial charge in [-0.3, -0.25) is 4.90 Å². The summed E-state index contributed by atoms with van der Waals surface area (Å²) in [5.74, 6) is 0. The molecule has 2 N–H and O–H groups in total. The maximum atomic E-state index is 5.99. The molecule has 0 amide bonds. The molecular weight excluding hydrogens is 208 g/mol. The number of benzene rings is 1. The first-order valence-electron chi connectivity index (χ1n) is 6.83. The van der Waals surface area contributed by atoms with Crippen LogP contribution in [0, 0.1) is 0 Å². The van der Waals surface area contributed by atoms with Gasteiger partial charge in [0.1, 0.15) is 0 Å². The first-order chi connectivity index (χ1) is 8.27. The van der Waals surface area contributed by atoms with Crippen molar-refractivity contribution in [3.63, 3.8) is 0 Å². The van der Waals surface area contributed by atoms with Crippen molar-refractivity contribution in [2.24, 2.45) is 0 Å². The van der Waals surface area contributed by atoms with Gasteiger partial charge in [0, 0.05) is 12.2 Å². The molecule has 0 heterocycles. The third-order valence-corrected chi connectivity index (χ3v) is 3.07. The number of anilines is 1. The van der Waals surface area contributed by atoms with Gasteiger partial charge in [0.15, 0.2) is 0 Å². The lowest BCUT2D eigenvalue weighted by molar-refractivity contribution is 0.260. The molecule has 0 aliphatic rings. The minimum Gasteiger partial charge on any atom is -0.398 e. The van der Waals surface area contributed by atoms with Crippen LogP contribution in [0.5, 0.6) is 0 Å². The van der Waals surface area contributed by atoms with E-state index in [2.05, 4.69) is 30.9 Å². The number of para-hydroxylation sites is 1. The van der Waals surface area contributed by atoms with E-state index in [0.717, 1.165) is 18.8 Å². The molecule has 0 aliphatic carbocycles. The number of nitrogens with zero attached hydrogens (tertiary/aromatic N) is 1. The molecule has 0 aromatic heterocycles. The van der Waals surface area contributed by atoms with Gasteiger partial charge in [-0.15, -0.1) is 0 Å². The van der Waals surface area contributed by atoms with E-state index in [4.69, 9.17) is 5.73 Å². The van der Waals surface area contributed by atoms with Gasteiger partial charge in [-0.1, -0.05) is 44.9 Å². The van der Waals surface area contributed by atoms with Gasteiger partial charge in [0.2, 0.25) is 0 Å². The number of nitrogens with two attached hydrogens (primary N) is 1. The number of hydrogen-bond acceptors (Lipinski definition) is 2. The first-order valence-corrected chi connectivity index (χ1v) is 6.83. The van der Waals surface area contributed by atoms with Crippen LogP contribution in [-0.4, -0.2) is 18.0 Å². The van der Waals surface area contributed by atoms with Crippen molar-refractivity contribution in [3.8, 4) is 0 Å². The summed E-state index contributed by atoms with van der Waals surface area (Å²) in [4.78, 5) is 2.52. The molecule has 0 saturated heterocycles. The van der Waals surface area contributed by atoms with E-state index < -0.39 is 0 Å². The molecule has 1 rings (SSSR count). The average Bonchev–Trinajstić information content (AvgIpc) is 2.32. The van der Waals surface area contributed by atoms with Crippen molar-refractivity contribution in [2.75, 3.05) is 18.8 Å². The summed E-state index contributed by atoms with van der Waals surface area (Å²) in [6.07, 6.45) is 5.11. The highest BCUT2D eigenvalue weighted by atomic mass is 15.1. The van der Waals surface area contributed by atoms with Crippen LogP contribution >= 0.6 is 0 Å². The number of rotatable bonds is 8. The molecule has 0 fully saturated rings. The molecule has 17 heavy (non-hydrogen) atoms. The van der Waals surface area contributed by atoms with E-state index in [1.165, 1.54) is 37.8 Å². The van der Waals surface area contributed by atoms with Crippen LogP contribution in [0.1, 0.15) is 45.1 Å². The minimum atomic E-state index is 0.920. The Morgan fingerprint density at radius 1 is 1.00 bits per heavy atom. The Labute approximate surface area is 106 Å². The van der Waals surface area contributed by atoms with E-state index in [1.54, 1.807) is 0 Å².